The molecule has 0 bridgehead atoms. The first-order valence-corrected chi connectivity index (χ1v) is 8.34. The molecule has 0 unspecified atom stereocenters. The van der Waals surface area contributed by atoms with Crippen LogP contribution in [0.4, 0.5) is 0 Å². The van der Waals surface area contributed by atoms with Crippen LogP contribution in [0.2, 0.25) is 0 Å². The number of hydrogen-bond acceptors (Lipinski definition) is 4. The first kappa shape index (κ1) is 15.8. The summed E-state index contributed by atoms with van der Waals surface area (Å²) in [6.07, 6.45) is 1.62. The van der Waals surface area contributed by atoms with Crippen LogP contribution in [0.5, 0.6) is 11.5 Å². The second kappa shape index (κ2) is 6.60. The van der Waals surface area contributed by atoms with Gasteiger partial charge in [0.2, 0.25) is 0 Å². The van der Waals surface area contributed by atoms with E-state index in [0.717, 1.165) is 10.0 Å². The van der Waals surface area contributed by atoms with Gasteiger partial charge in [-0.25, -0.2) is 4.99 Å². The van der Waals surface area contributed by atoms with E-state index in [0.29, 0.717) is 21.3 Å². The Balaban J connectivity index is 1.94. The normalized spacial score (nSPS) is 15.8. The Labute approximate surface area is 146 Å². The van der Waals surface area contributed by atoms with E-state index in [1.165, 1.54) is 18.9 Å². The molecule has 0 saturated heterocycles. The maximum Gasteiger partial charge on any atom is 0.284 e. The highest BCUT2D eigenvalue weighted by Gasteiger charge is 2.23. The predicted octanol–water partition coefficient (Wildman–Crippen LogP) is 4.22. The van der Waals surface area contributed by atoms with E-state index < -0.39 is 0 Å². The molecule has 1 amide bonds. The molecule has 1 heterocycles. The van der Waals surface area contributed by atoms with Crippen LogP contribution in [-0.2, 0) is 4.79 Å². The van der Waals surface area contributed by atoms with Gasteiger partial charge in [-0.05, 0) is 18.2 Å². The number of benzene rings is 2. The number of carbonyl (C=O) groups is 1. The molecule has 0 atom stereocenters. The lowest BCUT2D eigenvalue weighted by Gasteiger charge is -2.07. The van der Waals surface area contributed by atoms with Crippen LogP contribution in [0.25, 0.3) is 6.08 Å². The van der Waals surface area contributed by atoms with Crippen molar-refractivity contribution in [3.8, 4) is 11.5 Å². The summed E-state index contributed by atoms with van der Waals surface area (Å²) < 4.78 is 5.87. The quantitative estimate of drug-likeness (QED) is 0.798. The van der Waals surface area contributed by atoms with Gasteiger partial charge in [0.25, 0.3) is 5.91 Å². The molecule has 0 fully saturated rings. The Morgan fingerprint density at radius 1 is 1.26 bits per heavy atom. The summed E-state index contributed by atoms with van der Waals surface area (Å²) in [6.45, 7) is 0. The number of ether oxygens (including phenoxy) is 1. The third kappa shape index (κ3) is 3.33. The van der Waals surface area contributed by atoms with E-state index in [1.54, 1.807) is 18.2 Å². The molecule has 0 radical (unpaired) electrons. The average Bonchev–Trinajstić information content (AvgIpc) is 2.92. The Bertz CT molecular complexity index is 831. The molecule has 2 aromatic rings. The maximum absolute atomic E-state index is 12.1. The topological polar surface area (TPSA) is 58.9 Å². The van der Waals surface area contributed by atoms with Crippen molar-refractivity contribution in [2.24, 2.45) is 4.99 Å². The van der Waals surface area contributed by atoms with E-state index in [2.05, 4.69) is 20.9 Å². The monoisotopic (exact) mass is 389 g/mol. The van der Waals surface area contributed by atoms with Crippen LogP contribution in [0.15, 0.2) is 56.8 Å². The lowest BCUT2D eigenvalue weighted by molar-refractivity contribution is -0.113. The number of hydrogen-bond donors (Lipinski definition) is 1. The third-order valence-corrected chi connectivity index (χ3v) is 4.71. The summed E-state index contributed by atoms with van der Waals surface area (Å²) in [5.74, 6) is 0.0165. The molecule has 1 N–H and O–H groups in total. The molecule has 3 rings (SSSR count). The van der Waals surface area contributed by atoms with Crippen LogP contribution in [-0.4, -0.2) is 23.2 Å². The van der Waals surface area contributed by atoms with Gasteiger partial charge in [0.15, 0.2) is 11.5 Å². The molecule has 0 spiro atoms. The number of phenolic OH excluding ortho intramolecular Hbond substituents is 1. The van der Waals surface area contributed by atoms with Gasteiger partial charge in [-0.3, -0.25) is 4.79 Å². The van der Waals surface area contributed by atoms with E-state index in [9.17, 15) is 9.90 Å². The summed E-state index contributed by atoms with van der Waals surface area (Å²) in [5, 5.41) is 10.9. The fourth-order valence-corrected chi connectivity index (χ4v) is 3.48. The number of phenols is 1. The number of rotatable bonds is 3. The Morgan fingerprint density at radius 3 is 2.70 bits per heavy atom. The number of aliphatic imine (C=N–C) groups is 1. The Hall–Kier alpha value is -2.05. The third-order valence-electron chi connectivity index (χ3n) is 3.22. The molecule has 1 aliphatic heterocycles. The number of thioether (sulfide) groups is 1. The number of aromatic hydroxyl groups is 1. The second-order valence-electron chi connectivity index (χ2n) is 4.74. The molecular formula is C17H12BrNO3S. The van der Waals surface area contributed by atoms with Crippen molar-refractivity contribution in [2.45, 2.75) is 0 Å². The molecule has 0 aromatic heterocycles. The van der Waals surface area contributed by atoms with Crippen LogP contribution in [0, 0.1) is 0 Å². The molecule has 2 aromatic carbocycles. The van der Waals surface area contributed by atoms with E-state index in [-0.39, 0.29) is 11.7 Å². The van der Waals surface area contributed by atoms with Crippen LogP contribution in [0.3, 0.4) is 0 Å². The number of nitrogens with zero attached hydrogens (tertiary/aromatic N) is 1. The summed E-state index contributed by atoms with van der Waals surface area (Å²) in [7, 11) is 1.48. The second-order valence-corrected chi connectivity index (χ2v) is 6.69. The van der Waals surface area contributed by atoms with E-state index >= 15 is 0 Å². The molecule has 23 heavy (non-hydrogen) atoms. The number of amides is 1. The minimum atomic E-state index is -0.313. The summed E-state index contributed by atoms with van der Waals surface area (Å²) in [6, 6.07) is 12.9. The number of carbonyl (C=O) groups excluding carboxylic acids is 1. The van der Waals surface area contributed by atoms with Gasteiger partial charge < -0.3 is 9.84 Å². The Kier molecular flexibility index (Phi) is 4.54. The highest BCUT2D eigenvalue weighted by atomic mass is 79.9. The van der Waals surface area contributed by atoms with Gasteiger partial charge >= 0.3 is 0 Å². The van der Waals surface area contributed by atoms with E-state index in [4.69, 9.17) is 4.74 Å². The molecule has 4 nitrogen and oxygen atoms in total. The first-order valence-electron chi connectivity index (χ1n) is 6.73. The standard InChI is InChI=1S/C17H12BrNO3S/c1-22-13-9-12(18)7-11(15(13)20)8-14-16(21)19-17(23-14)10-5-3-2-4-6-10/h2-9,20H,1H3/b14-8+. The Morgan fingerprint density at radius 2 is 2.00 bits per heavy atom. The van der Waals surface area contributed by atoms with Crippen molar-refractivity contribution in [2.75, 3.05) is 7.11 Å². The summed E-state index contributed by atoms with van der Waals surface area (Å²) in [4.78, 5) is 16.6. The highest BCUT2D eigenvalue weighted by molar-refractivity contribution is 9.10. The lowest BCUT2D eigenvalue weighted by atomic mass is 10.1. The fraction of sp³-hybridized carbons (Fsp3) is 0.0588. The smallest absolute Gasteiger partial charge is 0.284 e. The molecule has 1 aliphatic rings. The van der Waals surface area contributed by atoms with Crippen molar-refractivity contribution in [3.05, 3.63) is 63.0 Å². The number of halogens is 1. The zero-order chi connectivity index (χ0) is 16.4. The van der Waals surface area contributed by atoms with Crippen molar-refractivity contribution in [3.63, 3.8) is 0 Å². The zero-order valence-corrected chi connectivity index (χ0v) is 14.5. The number of methoxy groups -OCH3 is 1. The average molecular weight is 390 g/mol. The van der Waals surface area contributed by atoms with Crippen LogP contribution >= 0.6 is 27.7 Å². The first-order chi connectivity index (χ1) is 11.1. The van der Waals surface area contributed by atoms with Crippen LogP contribution < -0.4 is 4.74 Å². The van der Waals surface area contributed by atoms with Gasteiger partial charge in [0, 0.05) is 15.6 Å². The largest absolute Gasteiger partial charge is 0.504 e. The molecular weight excluding hydrogens is 378 g/mol. The minimum Gasteiger partial charge on any atom is -0.504 e. The molecule has 0 saturated carbocycles. The van der Waals surface area contributed by atoms with Gasteiger partial charge in [-0.2, -0.15) is 0 Å². The highest BCUT2D eigenvalue weighted by Crippen LogP contribution is 2.38. The van der Waals surface area contributed by atoms with Gasteiger partial charge in [-0.15, -0.1) is 0 Å². The van der Waals surface area contributed by atoms with E-state index in [1.807, 2.05) is 30.3 Å². The maximum atomic E-state index is 12.1. The molecule has 6 heteroatoms. The van der Waals surface area contributed by atoms with Gasteiger partial charge in [0.05, 0.1) is 12.0 Å². The SMILES string of the molecule is COc1cc(Br)cc(/C=C2/SC(c3ccccc3)=NC2=O)c1O. The van der Waals surface area contributed by atoms with Gasteiger partial charge in [0.1, 0.15) is 5.04 Å². The van der Waals surface area contributed by atoms with Crippen molar-refractivity contribution < 1.29 is 14.6 Å². The van der Waals surface area contributed by atoms with Gasteiger partial charge in [-0.1, -0.05) is 58.0 Å². The lowest BCUT2D eigenvalue weighted by Crippen LogP contribution is -1.90. The van der Waals surface area contributed by atoms with Crippen molar-refractivity contribution in [1.82, 2.24) is 0 Å². The van der Waals surface area contributed by atoms with Crippen LogP contribution in [0.1, 0.15) is 11.1 Å². The fourth-order valence-electron chi connectivity index (χ4n) is 2.11. The predicted molar refractivity (Wildman–Crippen MR) is 95.9 cm³/mol. The molecule has 0 aliphatic carbocycles. The summed E-state index contributed by atoms with van der Waals surface area (Å²) in [5.41, 5.74) is 1.39. The minimum absolute atomic E-state index is 0.00948. The summed E-state index contributed by atoms with van der Waals surface area (Å²) >= 11 is 4.65. The zero-order valence-electron chi connectivity index (χ0n) is 12.1. The molecule has 116 valence electrons. The van der Waals surface area contributed by atoms with Crippen molar-refractivity contribution >= 4 is 44.7 Å². The van der Waals surface area contributed by atoms with Crippen molar-refractivity contribution in [1.29, 1.82) is 0 Å².